The van der Waals surface area contributed by atoms with Crippen molar-refractivity contribution in [2.75, 3.05) is 34.0 Å². The van der Waals surface area contributed by atoms with Crippen LogP contribution in [0.5, 0.6) is 0 Å². The first kappa shape index (κ1) is 15.2. The molecule has 0 heterocycles. The molecule has 16 heavy (non-hydrogen) atoms. The molecular formula is C10H24N4O2. The van der Waals surface area contributed by atoms with E-state index in [0.717, 1.165) is 26.0 Å². The van der Waals surface area contributed by atoms with Crippen LogP contribution in [0.4, 0.5) is 0 Å². The Labute approximate surface area is 97.6 Å². The lowest BCUT2D eigenvalue weighted by atomic mass is 10.3. The van der Waals surface area contributed by atoms with Crippen molar-refractivity contribution in [3.8, 4) is 0 Å². The Morgan fingerprint density at radius 1 is 1.31 bits per heavy atom. The molecule has 0 spiro atoms. The molecule has 0 aromatic heterocycles. The fraction of sp³-hybridized carbons (Fsp3) is 0.900. The maximum Gasteiger partial charge on any atom is 0.206 e. The molecule has 96 valence electrons. The van der Waals surface area contributed by atoms with Crippen molar-refractivity contribution >= 4 is 5.96 Å². The number of aliphatic imine (C=N–C) groups is 1. The number of nitrogens with zero attached hydrogens (tertiary/aromatic N) is 1. The van der Waals surface area contributed by atoms with E-state index >= 15 is 0 Å². The van der Waals surface area contributed by atoms with Gasteiger partial charge in [-0.3, -0.25) is 10.4 Å². The summed E-state index contributed by atoms with van der Waals surface area (Å²) in [5.41, 5.74) is 2.53. The number of hydrogen-bond acceptors (Lipinski definition) is 4. The largest absolute Gasteiger partial charge is 0.385 e. The van der Waals surface area contributed by atoms with Crippen LogP contribution in [0.2, 0.25) is 0 Å². The van der Waals surface area contributed by atoms with Crippen molar-refractivity contribution in [3.05, 3.63) is 0 Å². The summed E-state index contributed by atoms with van der Waals surface area (Å²) < 4.78 is 9.95. The minimum atomic E-state index is 0.179. The van der Waals surface area contributed by atoms with Crippen LogP contribution in [0.25, 0.3) is 0 Å². The van der Waals surface area contributed by atoms with Gasteiger partial charge in [-0.05, 0) is 19.8 Å². The maximum atomic E-state index is 5.35. The summed E-state index contributed by atoms with van der Waals surface area (Å²) in [5.74, 6) is 5.95. The van der Waals surface area contributed by atoms with Gasteiger partial charge in [0.05, 0.1) is 6.61 Å². The molecule has 0 saturated carbocycles. The zero-order valence-corrected chi connectivity index (χ0v) is 10.5. The van der Waals surface area contributed by atoms with Gasteiger partial charge in [0.25, 0.3) is 0 Å². The fourth-order valence-corrected chi connectivity index (χ4v) is 1.21. The Kier molecular flexibility index (Phi) is 10.1. The smallest absolute Gasteiger partial charge is 0.206 e. The Morgan fingerprint density at radius 3 is 2.62 bits per heavy atom. The van der Waals surface area contributed by atoms with Crippen molar-refractivity contribution in [1.29, 1.82) is 0 Å². The van der Waals surface area contributed by atoms with Gasteiger partial charge in [0.15, 0.2) is 0 Å². The van der Waals surface area contributed by atoms with Crippen molar-refractivity contribution in [2.24, 2.45) is 10.8 Å². The molecule has 0 fully saturated rings. The van der Waals surface area contributed by atoms with Gasteiger partial charge in [-0.25, -0.2) is 5.84 Å². The number of hydrogen-bond donors (Lipinski definition) is 3. The molecule has 0 saturated heterocycles. The first-order chi connectivity index (χ1) is 7.74. The Morgan fingerprint density at radius 2 is 2.06 bits per heavy atom. The van der Waals surface area contributed by atoms with Gasteiger partial charge in [-0.15, -0.1) is 0 Å². The zero-order chi connectivity index (χ0) is 12.2. The summed E-state index contributed by atoms with van der Waals surface area (Å²) in [6.07, 6.45) is 1.99. The van der Waals surface area contributed by atoms with E-state index in [2.05, 4.69) is 15.7 Å². The second-order valence-electron chi connectivity index (χ2n) is 3.58. The molecule has 0 rings (SSSR count). The molecule has 0 aromatic carbocycles. The molecule has 0 aliphatic rings. The Balaban J connectivity index is 3.74. The number of nitrogens with one attached hydrogen (secondary N) is 2. The van der Waals surface area contributed by atoms with Gasteiger partial charge in [0.2, 0.25) is 5.96 Å². The normalized spacial score (nSPS) is 13.6. The van der Waals surface area contributed by atoms with Crippen molar-refractivity contribution < 1.29 is 9.47 Å². The topological polar surface area (TPSA) is 80.9 Å². The van der Waals surface area contributed by atoms with Gasteiger partial charge in [-0.2, -0.15) is 0 Å². The van der Waals surface area contributed by atoms with Crippen LogP contribution in [0, 0.1) is 0 Å². The summed E-state index contributed by atoms with van der Waals surface area (Å²) >= 11 is 0. The van der Waals surface area contributed by atoms with Crippen LogP contribution in [-0.4, -0.2) is 46.0 Å². The third-order valence-electron chi connectivity index (χ3n) is 1.96. The molecule has 1 atom stereocenters. The second kappa shape index (κ2) is 10.7. The molecule has 6 nitrogen and oxygen atoms in total. The SMILES string of the molecule is COCCCCN=C(NN)NC(C)COC. The molecule has 0 bridgehead atoms. The van der Waals surface area contributed by atoms with Crippen LogP contribution in [0.15, 0.2) is 4.99 Å². The lowest BCUT2D eigenvalue weighted by Crippen LogP contribution is -2.46. The third kappa shape index (κ3) is 8.46. The van der Waals surface area contributed by atoms with Crippen LogP contribution >= 0.6 is 0 Å². The number of nitrogens with two attached hydrogens (primary N) is 1. The summed E-state index contributed by atoms with van der Waals surface area (Å²) in [6.45, 7) is 4.12. The van der Waals surface area contributed by atoms with Crippen molar-refractivity contribution in [2.45, 2.75) is 25.8 Å². The van der Waals surface area contributed by atoms with Crippen LogP contribution in [0.3, 0.4) is 0 Å². The van der Waals surface area contributed by atoms with Crippen LogP contribution in [-0.2, 0) is 9.47 Å². The average molecular weight is 232 g/mol. The standard InChI is InChI=1S/C10H24N4O2/c1-9(8-16-3)13-10(14-11)12-6-4-5-7-15-2/h9H,4-8,11H2,1-3H3,(H2,12,13,14). The van der Waals surface area contributed by atoms with Gasteiger partial charge in [-0.1, -0.05) is 0 Å². The number of rotatable bonds is 8. The van der Waals surface area contributed by atoms with Gasteiger partial charge >= 0.3 is 0 Å². The number of ether oxygens (including phenoxy) is 2. The predicted molar refractivity (Wildman–Crippen MR) is 65.2 cm³/mol. The number of methoxy groups -OCH3 is 2. The van der Waals surface area contributed by atoms with E-state index in [4.69, 9.17) is 15.3 Å². The highest BCUT2D eigenvalue weighted by Crippen LogP contribution is 1.90. The lowest BCUT2D eigenvalue weighted by molar-refractivity contribution is 0.179. The van der Waals surface area contributed by atoms with Crippen LogP contribution < -0.4 is 16.6 Å². The molecule has 0 aromatic rings. The van der Waals surface area contributed by atoms with E-state index in [0.29, 0.717) is 12.6 Å². The molecule has 0 radical (unpaired) electrons. The average Bonchev–Trinajstić information content (AvgIpc) is 2.27. The number of unbranched alkanes of at least 4 members (excludes halogenated alkanes) is 1. The number of hydrazine groups is 1. The fourth-order valence-electron chi connectivity index (χ4n) is 1.21. The molecule has 0 aliphatic heterocycles. The molecule has 0 amide bonds. The summed E-state index contributed by atoms with van der Waals surface area (Å²) in [7, 11) is 3.36. The summed E-state index contributed by atoms with van der Waals surface area (Å²) in [5, 5.41) is 3.12. The first-order valence-electron chi connectivity index (χ1n) is 5.50. The van der Waals surface area contributed by atoms with Gasteiger partial charge in [0.1, 0.15) is 0 Å². The molecule has 1 unspecified atom stereocenters. The van der Waals surface area contributed by atoms with E-state index in [9.17, 15) is 0 Å². The highest BCUT2D eigenvalue weighted by molar-refractivity contribution is 5.79. The molecule has 4 N–H and O–H groups in total. The maximum absolute atomic E-state index is 5.35. The minimum Gasteiger partial charge on any atom is -0.385 e. The third-order valence-corrected chi connectivity index (χ3v) is 1.96. The summed E-state index contributed by atoms with van der Waals surface area (Å²) in [4.78, 5) is 4.29. The lowest BCUT2D eigenvalue weighted by Gasteiger charge is -2.15. The summed E-state index contributed by atoms with van der Waals surface area (Å²) in [6, 6.07) is 0.179. The Bertz CT molecular complexity index is 188. The zero-order valence-electron chi connectivity index (χ0n) is 10.5. The van der Waals surface area contributed by atoms with E-state index in [1.807, 2.05) is 6.92 Å². The first-order valence-corrected chi connectivity index (χ1v) is 5.50. The number of guanidine groups is 1. The Hall–Kier alpha value is -0.850. The van der Waals surface area contributed by atoms with E-state index in [1.165, 1.54) is 0 Å². The van der Waals surface area contributed by atoms with Crippen molar-refractivity contribution in [1.82, 2.24) is 10.7 Å². The monoisotopic (exact) mass is 232 g/mol. The predicted octanol–water partition coefficient (Wildman–Crippen LogP) is -0.143. The molecule has 0 aliphatic carbocycles. The highest BCUT2D eigenvalue weighted by Gasteiger charge is 2.02. The second-order valence-corrected chi connectivity index (χ2v) is 3.58. The highest BCUT2D eigenvalue weighted by atomic mass is 16.5. The van der Waals surface area contributed by atoms with E-state index < -0.39 is 0 Å². The van der Waals surface area contributed by atoms with Crippen molar-refractivity contribution in [3.63, 3.8) is 0 Å². The molecule has 6 heteroatoms. The molecular weight excluding hydrogens is 208 g/mol. The van der Waals surface area contributed by atoms with Gasteiger partial charge in [0, 0.05) is 33.4 Å². The van der Waals surface area contributed by atoms with Crippen LogP contribution in [0.1, 0.15) is 19.8 Å². The van der Waals surface area contributed by atoms with E-state index in [1.54, 1.807) is 14.2 Å². The minimum absolute atomic E-state index is 0.179. The van der Waals surface area contributed by atoms with E-state index in [-0.39, 0.29) is 6.04 Å². The quantitative estimate of drug-likeness (QED) is 0.178. The van der Waals surface area contributed by atoms with Gasteiger partial charge < -0.3 is 14.8 Å².